The van der Waals surface area contributed by atoms with Crippen molar-refractivity contribution in [2.45, 2.75) is 43.8 Å². The third-order valence-corrected chi connectivity index (χ3v) is 9.80. The van der Waals surface area contributed by atoms with Crippen molar-refractivity contribution in [2.75, 3.05) is 32.2 Å². The Morgan fingerprint density at radius 2 is 1.68 bits per heavy atom. The van der Waals surface area contributed by atoms with Gasteiger partial charge in [0.25, 0.3) is 0 Å². The molecule has 0 amide bonds. The van der Waals surface area contributed by atoms with Gasteiger partial charge in [-0.15, -0.1) is 9.05 Å². The third-order valence-electron chi connectivity index (χ3n) is 5.43. The number of aliphatic hydroxyl groups is 1. The van der Waals surface area contributed by atoms with E-state index >= 15 is 0 Å². The number of fused-ring (bicyclic) bond motifs is 1. The number of rotatable bonds is 12. The summed E-state index contributed by atoms with van der Waals surface area (Å²) in [5.41, 5.74) is 1.08. The second-order valence-corrected chi connectivity index (χ2v) is 12.8. The molecule has 18 nitrogen and oxygen atoms in total. The number of aliphatic hydroxyl groups excluding tert-OH is 1. The highest BCUT2D eigenvalue weighted by Crippen LogP contribution is 2.77. The summed E-state index contributed by atoms with van der Waals surface area (Å²) in [5, 5.41) is 12.6. The van der Waals surface area contributed by atoms with E-state index in [1.54, 1.807) is 17.9 Å². The number of imidazole rings is 1. The molecule has 4 atom stereocenters. The lowest BCUT2D eigenvalue weighted by atomic mass is 10.2. The molecule has 2 aromatic heterocycles. The Labute approximate surface area is 211 Å². The summed E-state index contributed by atoms with van der Waals surface area (Å²) in [7, 11) is -13.4. The van der Waals surface area contributed by atoms with E-state index in [0.717, 1.165) is 0 Å². The summed E-state index contributed by atoms with van der Waals surface area (Å²) < 4.78 is 30.9. The molecule has 2 aromatic rings. The minimum absolute atomic E-state index is 0.230. The van der Waals surface area contributed by atoms with E-state index in [2.05, 4.69) is 33.4 Å². The van der Waals surface area contributed by atoms with E-state index < -0.39 is 62.3 Å². The van der Waals surface area contributed by atoms with E-state index in [9.17, 15) is 34.5 Å². The first-order valence-corrected chi connectivity index (χ1v) is 15.5. The van der Waals surface area contributed by atoms with Gasteiger partial charge < -0.3 is 19.9 Å². The standard InChI is InChI=1S/C16H29N5O13P3/c1-17-15-14-16(19-8-18-15)21(9-20-14)13-3-2-10(32-13)6-30-35(23,24)33-37(27,28)34-36(25,26)31-7-12-11(22)4-5-29-12/h8-13,22-28H,2-7H2,1H3,(H,17,18,19)/q+3/t10-,11-,12+,13+/m0/s1. The molecule has 0 bridgehead atoms. The van der Waals surface area contributed by atoms with Crippen LogP contribution in [0.15, 0.2) is 12.7 Å². The van der Waals surface area contributed by atoms with E-state index in [1.165, 1.54) is 6.33 Å². The van der Waals surface area contributed by atoms with Crippen molar-refractivity contribution in [2.24, 2.45) is 0 Å². The Morgan fingerprint density at radius 1 is 0.973 bits per heavy atom. The van der Waals surface area contributed by atoms with Gasteiger partial charge in [-0.25, -0.2) is 15.0 Å². The minimum atomic E-state index is -5.24. The Balaban J connectivity index is 1.26. The molecule has 0 radical (unpaired) electrons. The molecule has 21 heteroatoms. The first kappa shape index (κ1) is 29.1. The first-order valence-electron chi connectivity index (χ1n) is 10.9. The lowest BCUT2D eigenvalue weighted by Gasteiger charge is -2.16. The number of anilines is 1. The Bertz CT molecular complexity index is 1060. The molecule has 0 aliphatic carbocycles. The van der Waals surface area contributed by atoms with Crippen LogP contribution >= 0.6 is 24.5 Å². The fourth-order valence-electron chi connectivity index (χ4n) is 3.75. The summed E-state index contributed by atoms with van der Waals surface area (Å²) in [6.45, 7) is -0.716. The maximum atomic E-state index is 10.0. The molecule has 208 valence electrons. The number of ether oxygens (including phenoxy) is 2. The van der Waals surface area contributed by atoms with Crippen molar-refractivity contribution >= 4 is 41.5 Å². The van der Waals surface area contributed by atoms with Gasteiger partial charge in [-0.1, -0.05) is 0 Å². The fourth-order valence-corrected chi connectivity index (χ4v) is 7.43. The highest BCUT2D eigenvalue weighted by atomic mass is 31.3. The van der Waals surface area contributed by atoms with Crippen LogP contribution in [0.4, 0.5) is 5.82 Å². The Morgan fingerprint density at radius 3 is 2.32 bits per heavy atom. The van der Waals surface area contributed by atoms with Crippen molar-refractivity contribution in [3.05, 3.63) is 12.7 Å². The van der Waals surface area contributed by atoms with Crippen molar-refractivity contribution in [3.63, 3.8) is 0 Å². The normalized spacial score (nSPS) is 25.3. The number of hydrogen-bond acceptors (Lipinski definition) is 17. The monoisotopic (exact) mass is 592 g/mol. The van der Waals surface area contributed by atoms with E-state index in [1.807, 2.05) is 0 Å². The van der Waals surface area contributed by atoms with Crippen LogP contribution in [0.1, 0.15) is 25.5 Å². The molecule has 2 saturated heterocycles. The first-order chi connectivity index (χ1) is 17.4. The fraction of sp³-hybridized carbons (Fsp3) is 0.688. The quantitative estimate of drug-likeness (QED) is 0.148. The molecule has 2 fully saturated rings. The van der Waals surface area contributed by atoms with Crippen molar-refractivity contribution in [1.82, 2.24) is 19.5 Å². The van der Waals surface area contributed by atoms with Gasteiger partial charge in [0.15, 0.2) is 11.5 Å². The lowest BCUT2D eigenvalue weighted by molar-refractivity contribution is -0.0241. The summed E-state index contributed by atoms with van der Waals surface area (Å²) in [6, 6.07) is 0. The van der Waals surface area contributed by atoms with E-state index in [4.69, 9.17) is 14.0 Å². The number of nitrogens with one attached hydrogen (secondary N) is 1. The highest BCUT2D eigenvalue weighted by molar-refractivity contribution is 7.73. The average Bonchev–Trinajstić information content (AvgIpc) is 3.54. The van der Waals surface area contributed by atoms with Crippen molar-refractivity contribution < 1.29 is 61.6 Å². The van der Waals surface area contributed by atoms with Crippen LogP contribution in [0.2, 0.25) is 0 Å². The SMILES string of the molecule is CNc1ncnc2c1ncn2[C@H]1CC[C@@H](CO[P+](O)(O)O[P+](O)(O)O[P+](O)(O)OC[C@H]2OCC[C@@H]2O)O1. The molecule has 2 aliphatic rings. The molecule has 0 saturated carbocycles. The van der Waals surface area contributed by atoms with Gasteiger partial charge in [-0.2, -0.15) is 29.4 Å². The molecule has 2 aliphatic heterocycles. The van der Waals surface area contributed by atoms with Crippen molar-refractivity contribution in [3.8, 4) is 0 Å². The molecule has 37 heavy (non-hydrogen) atoms. The highest BCUT2D eigenvalue weighted by Gasteiger charge is 2.70. The predicted octanol–water partition coefficient (Wildman–Crippen LogP) is -0.252. The van der Waals surface area contributed by atoms with Crippen LogP contribution < -0.4 is 5.32 Å². The van der Waals surface area contributed by atoms with Gasteiger partial charge in [0.2, 0.25) is 0 Å². The number of aromatic nitrogens is 4. The molecule has 0 unspecified atom stereocenters. The number of hydrogen-bond donors (Lipinski definition) is 8. The molecule has 0 aromatic carbocycles. The summed E-state index contributed by atoms with van der Waals surface area (Å²) in [6.07, 6.45) is 1.27. The van der Waals surface area contributed by atoms with Gasteiger partial charge in [0, 0.05) is 13.7 Å². The topological polar surface area (TPSA) is 253 Å². The lowest BCUT2D eigenvalue weighted by Crippen LogP contribution is -2.26. The van der Waals surface area contributed by atoms with Gasteiger partial charge in [-0.05, 0) is 19.3 Å². The summed E-state index contributed by atoms with van der Waals surface area (Å²) in [5.74, 6) is 0.544. The van der Waals surface area contributed by atoms with Crippen molar-refractivity contribution in [1.29, 1.82) is 0 Å². The zero-order valence-corrected chi connectivity index (χ0v) is 22.1. The maximum Gasteiger partial charge on any atom is 0.667 e. The minimum Gasteiger partial charge on any atom is -0.390 e. The third kappa shape index (κ3) is 7.62. The van der Waals surface area contributed by atoms with E-state index in [-0.39, 0.29) is 6.61 Å². The predicted molar refractivity (Wildman–Crippen MR) is 127 cm³/mol. The van der Waals surface area contributed by atoms with Gasteiger partial charge in [0.1, 0.15) is 37.4 Å². The van der Waals surface area contributed by atoms with Gasteiger partial charge >= 0.3 is 24.5 Å². The maximum absolute atomic E-state index is 10.0. The molecule has 0 spiro atoms. The molecular weight excluding hydrogens is 563 g/mol. The molecule has 4 rings (SSSR count). The zero-order valence-electron chi connectivity index (χ0n) is 19.4. The van der Waals surface area contributed by atoms with Crippen LogP contribution in [0.5, 0.6) is 0 Å². The smallest absolute Gasteiger partial charge is 0.390 e. The van der Waals surface area contributed by atoms with E-state index in [0.29, 0.717) is 36.2 Å². The van der Waals surface area contributed by atoms with Crippen LogP contribution in [0, 0.1) is 0 Å². The van der Waals surface area contributed by atoms with Crippen LogP contribution in [0.25, 0.3) is 11.2 Å². The van der Waals surface area contributed by atoms with Crippen LogP contribution in [0.3, 0.4) is 0 Å². The molecule has 4 heterocycles. The summed E-state index contributed by atoms with van der Waals surface area (Å²) in [4.78, 5) is 72.0. The second kappa shape index (κ2) is 11.7. The summed E-state index contributed by atoms with van der Waals surface area (Å²) >= 11 is 0. The van der Waals surface area contributed by atoms with Crippen LogP contribution in [-0.4, -0.2) is 99.2 Å². The second-order valence-electron chi connectivity index (χ2n) is 8.08. The Hall–Kier alpha value is -0.880. The average molecular weight is 592 g/mol. The number of nitrogens with zero attached hydrogens (tertiary/aromatic N) is 4. The van der Waals surface area contributed by atoms with Gasteiger partial charge in [-0.3, -0.25) is 4.57 Å². The zero-order chi connectivity index (χ0) is 26.8. The largest absolute Gasteiger partial charge is 0.667 e. The molecule has 8 N–H and O–H groups in total. The Kier molecular flexibility index (Phi) is 9.20. The molecular formula is C16H29N5O13P3+3. The van der Waals surface area contributed by atoms with Crippen LogP contribution in [-0.2, 0) is 27.1 Å². The van der Waals surface area contributed by atoms with Gasteiger partial charge in [0.05, 0.1) is 27.2 Å².